The maximum Gasteiger partial charge on any atom is 0.149 e. The molecule has 1 aliphatic heterocycles. The summed E-state index contributed by atoms with van der Waals surface area (Å²) < 4.78 is 0. The average Bonchev–Trinajstić information content (AvgIpc) is 2.30. The molecular formula is C14H28N2O. The van der Waals surface area contributed by atoms with E-state index in [1.807, 2.05) is 6.92 Å². The largest absolute Gasteiger partial charge is 0.301 e. The highest BCUT2D eigenvalue weighted by Gasteiger charge is 2.20. The number of hydrogen-bond donors (Lipinski definition) is 0. The first-order valence-electron chi connectivity index (χ1n) is 7.00. The van der Waals surface area contributed by atoms with Crippen LogP contribution in [0.4, 0.5) is 0 Å². The molecular weight excluding hydrogens is 212 g/mol. The van der Waals surface area contributed by atoms with Crippen molar-refractivity contribution in [3.05, 3.63) is 0 Å². The highest BCUT2D eigenvalue weighted by Crippen LogP contribution is 2.08. The minimum Gasteiger partial charge on any atom is -0.301 e. The Morgan fingerprint density at radius 3 is 2.06 bits per heavy atom. The van der Waals surface area contributed by atoms with Crippen molar-refractivity contribution in [1.82, 2.24) is 9.80 Å². The molecule has 1 unspecified atom stereocenters. The van der Waals surface area contributed by atoms with Crippen molar-refractivity contribution in [2.24, 2.45) is 11.8 Å². The van der Waals surface area contributed by atoms with E-state index in [2.05, 4.69) is 30.6 Å². The van der Waals surface area contributed by atoms with E-state index < -0.39 is 0 Å². The van der Waals surface area contributed by atoms with Gasteiger partial charge in [-0.3, -0.25) is 9.69 Å². The fourth-order valence-corrected chi connectivity index (χ4v) is 2.25. The maximum atomic E-state index is 11.8. The van der Waals surface area contributed by atoms with Gasteiger partial charge < -0.3 is 4.90 Å². The second-order valence-electron chi connectivity index (χ2n) is 5.75. The Balaban J connectivity index is 2.25. The molecule has 0 bridgehead atoms. The third-order valence-electron chi connectivity index (χ3n) is 3.63. The lowest BCUT2D eigenvalue weighted by Crippen LogP contribution is -2.49. The van der Waals surface area contributed by atoms with Crippen molar-refractivity contribution < 1.29 is 4.79 Å². The summed E-state index contributed by atoms with van der Waals surface area (Å²) in [7, 11) is 0. The lowest BCUT2D eigenvalue weighted by Gasteiger charge is -2.35. The molecule has 1 rings (SSSR count). The van der Waals surface area contributed by atoms with Gasteiger partial charge in [-0.2, -0.15) is 0 Å². The van der Waals surface area contributed by atoms with Crippen molar-refractivity contribution in [2.75, 3.05) is 39.3 Å². The number of carbonyl (C=O) groups is 1. The van der Waals surface area contributed by atoms with Gasteiger partial charge in [0.1, 0.15) is 5.78 Å². The fourth-order valence-electron chi connectivity index (χ4n) is 2.25. The number of ketones is 1. The number of Topliss-reactive ketones (excluding diaryl/α,β-unsaturated/α-hetero) is 1. The molecule has 1 saturated heterocycles. The van der Waals surface area contributed by atoms with Crippen LogP contribution in [0.1, 0.15) is 34.1 Å². The predicted molar refractivity (Wildman–Crippen MR) is 72.2 cm³/mol. The summed E-state index contributed by atoms with van der Waals surface area (Å²) in [5.41, 5.74) is 0. The van der Waals surface area contributed by atoms with Crippen LogP contribution in [0.15, 0.2) is 0 Å². The van der Waals surface area contributed by atoms with E-state index in [4.69, 9.17) is 0 Å². The van der Waals surface area contributed by atoms with E-state index in [1.54, 1.807) is 0 Å². The summed E-state index contributed by atoms with van der Waals surface area (Å²) >= 11 is 0. The third-order valence-corrected chi connectivity index (χ3v) is 3.63. The van der Waals surface area contributed by atoms with E-state index in [-0.39, 0.29) is 5.92 Å². The van der Waals surface area contributed by atoms with Crippen LogP contribution in [0.25, 0.3) is 0 Å². The van der Waals surface area contributed by atoms with E-state index in [0.717, 1.165) is 38.5 Å². The summed E-state index contributed by atoms with van der Waals surface area (Å²) in [4.78, 5) is 16.7. The van der Waals surface area contributed by atoms with Gasteiger partial charge in [-0.1, -0.05) is 27.7 Å². The van der Waals surface area contributed by atoms with Crippen molar-refractivity contribution in [1.29, 1.82) is 0 Å². The lowest BCUT2D eigenvalue weighted by atomic mass is 10.0. The molecule has 0 aliphatic carbocycles. The van der Waals surface area contributed by atoms with Gasteiger partial charge in [-0.25, -0.2) is 0 Å². The first-order chi connectivity index (χ1) is 8.02. The smallest absolute Gasteiger partial charge is 0.149 e. The van der Waals surface area contributed by atoms with Gasteiger partial charge >= 0.3 is 0 Å². The van der Waals surface area contributed by atoms with Crippen molar-refractivity contribution >= 4 is 5.78 Å². The second-order valence-corrected chi connectivity index (χ2v) is 5.75. The molecule has 17 heavy (non-hydrogen) atoms. The van der Waals surface area contributed by atoms with Gasteiger partial charge in [0.25, 0.3) is 0 Å². The van der Waals surface area contributed by atoms with E-state index in [9.17, 15) is 4.79 Å². The standard InChI is InChI=1S/C14H28N2O/c1-5-13(4)14(17)11-16-8-6-15(7-9-16)10-12(2)3/h12-13H,5-11H2,1-4H3. The third kappa shape index (κ3) is 5.17. The van der Waals surface area contributed by atoms with E-state index in [0.29, 0.717) is 12.3 Å². The summed E-state index contributed by atoms with van der Waals surface area (Å²) in [5.74, 6) is 1.37. The molecule has 0 radical (unpaired) electrons. The quantitative estimate of drug-likeness (QED) is 0.708. The van der Waals surface area contributed by atoms with Crippen LogP contribution in [0.3, 0.4) is 0 Å². The van der Waals surface area contributed by atoms with Crippen LogP contribution in [0, 0.1) is 11.8 Å². The van der Waals surface area contributed by atoms with Gasteiger partial charge in [-0.15, -0.1) is 0 Å². The van der Waals surface area contributed by atoms with Crippen LogP contribution in [0.5, 0.6) is 0 Å². The Hall–Kier alpha value is -0.410. The number of hydrogen-bond acceptors (Lipinski definition) is 3. The number of rotatable bonds is 6. The SMILES string of the molecule is CCC(C)C(=O)CN1CCN(CC(C)C)CC1. The summed E-state index contributed by atoms with van der Waals surface area (Å²) in [6, 6.07) is 0. The first-order valence-corrected chi connectivity index (χ1v) is 7.00. The van der Waals surface area contributed by atoms with Crippen molar-refractivity contribution in [3.63, 3.8) is 0 Å². The van der Waals surface area contributed by atoms with Crippen molar-refractivity contribution in [2.45, 2.75) is 34.1 Å². The molecule has 1 aliphatic rings. The topological polar surface area (TPSA) is 23.6 Å². The monoisotopic (exact) mass is 240 g/mol. The minimum atomic E-state index is 0.226. The lowest BCUT2D eigenvalue weighted by molar-refractivity contribution is -0.124. The van der Waals surface area contributed by atoms with Gasteiger partial charge in [0, 0.05) is 38.6 Å². The van der Waals surface area contributed by atoms with Crippen LogP contribution in [0.2, 0.25) is 0 Å². The normalized spacial score (nSPS) is 20.8. The molecule has 1 heterocycles. The molecule has 0 spiro atoms. The summed E-state index contributed by atoms with van der Waals surface area (Å²) in [6.07, 6.45) is 0.964. The van der Waals surface area contributed by atoms with Crippen LogP contribution >= 0.6 is 0 Å². The Labute approximate surface area is 106 Å². The zero-order valence-corrected chi connectivity index (χ0v) is 11.9. The fraction of sp³-hybridized carbons (Fsp3) is 0.929. The van der Waals surface area contributed by atoms with Crippen LogP contribution < -0.4 is 0 Å². The number of nitrogens with zero attached hydrogens (tertiary/aromatic N) is 2. The average molecular weight is 240 g/mol. The molecule has 0 saturated carbocycles. The van der Waals surface area contributed by atoms with E-state index in [1.165, 1.54) is 6.54 Å². The van der Waals surface area contributed by atoms with Gasteiger partial charge in [0.15, 0.2) is 0 Å². The maximum absolute atomic E-state index is 11.8. The van der Waals surface area contributed by atoms with E-state index >= 15 is 0 Å². The molecule has 3 nitrogen and oxygen atoms in total. The Morgan fingerprint density at radius 2 is 1.59 bits per heavy atom. The molecule has 0 amide bonds. The molecule has 3 heteroatoms. The van der Waals surface area contributed by atoms with Gasteiger partial charge in [0.05, 0.1) is 6.54 Å². The second kappa shape index (κ2) is 7.12. The first kappa shape index (κ1) is 14.7. The Bertz CT molecular complexity index is 232. The molecule has 0 aromatic rings. The number of carbonyl (C=O) groups excluding carboxylic acids is 1. The van der Waals surface area contributed by atoms with Crippen molar-refractivity contribution in [3.8, 4) is 0 Å². The van der Waals surface area contributed by atoms with Crippen LogP contribution in [-0.4, -0.2) is 54.9 Å². The highest BCUT2D eigenvalue weighted by molar-refractivity contribution is 5.82. The molecule has 100 valence electrons. The molecule has 0 aromatic heterocycles. The highest BCUT2D eigenvalue weighted by atomic mass is 16.1. The van der Waals surface area contributed by atoms with Crippen LogP contribution in [-0.2, 0) is 4.79 Å². The predicted octanol–water partition coefficient (Wildman–Crippen LogP) is 1.88. The minimum absolute atomic E-state index is 0.226. The number of piperazine rings is 1. The Morgan fingerprint density at radius 1 is 1.06 bits per heavy atom. The summed E-state index contributed by atoms with van der Waals surface area (Å²) in [6.45, 7) is 14.8. The van der Waals surface area contributed by atoms with Gasteiger partial charge in [0.2, 0.25) is 0 Å². The molecule has 1 atom stereocenters. The molecule has 0 aromatic carbocycles. The summed E-state index contributed by atoms with van der Waals surface area (Å²) in [5, 5.41) is 0. The van der Waals surface area contributed by atoms with Gasteiger partial charge in [-0.05, 0) is 12.3 Å². The molecule has 0 N–H and O–H groups in total. The zero-order chi connectivity index (χ0) is 12.8. The Kier molecular flexibility index (Phi) is 6.14. The zero-order valence-electron chi connectivity index (χ0n) is 11.9. The molecule has 1 fully saturated rings.